The molecule has 0 saturated heterocycles. The average molecular weight is 310 g/mol. The standard InChI is InChI=1S/C19H22N2O2/c1-4-13(2)23-15-9-7-8-14(12-15)19(3)20-17-11-6-5-10-16(17)18(22)21-19/h5-13,20H,4H2,1-3H3,(H,21,22). The molecule has 1 aliphatic rings. The monoisotopic (exact) mass is 310 g/mol. The molecule has 4 nitrogen and oxygen atoms in total. The summed E-state index contributed by atoms with van der Waals surface area (Å²) >= 11 is 0. The summed E-state index contributed by atoms with van der Waals surface area (Å²) in [5.74, 6) is 0.739. The number of para-hydroxylation sites is 1. The zero-order valence-electron chi connectivity index (χ0n) is 13.7. The first-order valence-corrected chi connectivity index (χ1v) is 7.99. The molecule has 1 aliphatic heterocycles. The molecule has 1 heterocycles. The van der Waals surface area contributed by atoms with Gasteiger partial charge in [0.05, 0.1) is 11.7 Å². The Balaban J connectivity index is 1.92. The van der Waals surface area contributed by atoms with Gasteiger partial charge in [-0.05, 0) is 44.5 Å². The molecule has 0 saturated carbocycles. The smallest absolute Gasteiger partial charge is 0.255 e. The van der Waals surface area contributed by atoms with Crippen LogP contribution in [0, 0.1) is 0 Å². The molecule has 2 aromatic rings. The molecular formula is C19H22N2O2. The van der Waals surface area contributed by atoms with Crippen molar-refractivity contribution in [3.63, 3.8) is 0 Å². The third kappa shape index (κ3) is 3.02. The Kier molecular flexibility index (Phi) is 3.99. The van der Waals surface area contributed by atoms with E-state index in [1.807, 2.05) is 62.4 Å². The van der Waals surface area contributed by atoms with Crippen LogP contribution in [-0.4, -0.2) is 12.0 Å². The van der Waals surface area contributed by atoms with Crippen molar-refractivity contribution in [2.24, 2.45) is 0 Å². The number of carbonyl (C=O) groups excluding carboxylic acids is 1. The number of hydrogen-bond donors (Lipinski definition) is 2. The van der Waals surface area contributed by atoms with E-state index in [4.69, 9.17) is 4.74 Å². The SMILES string of the molecule is CCC(C)Oc1cccc(C2(C)NC(=O)c3ccccc3N2)c1. The average Bonchev–Trinajstić information content (AvgIpc) is 2.55. The maximum atomic E-state index is 12.4. The van der Waals surface area contributed by atoms with E-state index in [2.05, 4.69) is 17.6 Å². The topological polar surface area (TPSA) is 50.4 Å². The fourth-order valence-corrected chi connectivity index (χ4v) is 2.73. The van der Waals surface area contributed by atoms with E-state index in [1.165, 1.54) is 0 Å². The second-order valence-electron chi connectivity index (χ2n) is 6.11. The number of hydrogen-bond acceptors (Lipinski definition) is 3. The number of benzene rings is 2. The predicted octanol–water partition coefficient (Wildman–Crippen LogP) is 3.89. The van der Waals surface area contributed by atoms with Crippen molar-refractivity contribution in [2.45, 2.75) is 39.0 Å². The summed E-state index contributed by atoms with van der Waals surface area (Å²) in [6.45, 7) is 6.10. The molecule has 2 atom stereocenters. The number of fused-ring (bicyclic) bond motifs is 1. The molecule has 0 bridgehead atoms. The molecule has 120 valence electrons. The molecule has 0 fully saturated rings. The van der Waals surface area contributed by atoms with Gasteiger partial charge in [-0.25, -0.2) is 0 Å². The van der Waals surface area contributed by atoms with E-state index in [1.54, 1.807) is 0 Å². The molecule has 3 rings (SSSR count). The molecule has 23 heavy (non-hydrogen) atoms. The molecule has 2 aromatic carbocycles. The van der Waals surface area contributed by atoms with E-state index in [-0.39, 0.29) is 12.0 Å². The maximum absolute atomic E-state index is 12.4. The van der Waals surface area contributed by atoms with Crippen molar-refractivity contribution in [3.8, 4) is 5.75 Å². The van der Waals surface area contributed by atoms with E-state index in [0.29, 0.717) is 5.56 Å². The van der Waals surface area contributed by atoms with Crippen molar-refractivity contribution in [1.82, 2.24) is 5.32 Å². The Morgan fingerprint density at radius 3 is 2.70 bits per heavy atom. The fourth-order valence-electron chi connectivity index (χ4n) is 2.73. The third-order valence-corrected chi connectivity index (χ3v) is 4.24. The van der Waals surface area contributed by atoms with Crippen molar-refractivity contribution < 1.29 is 9.53 Å². The zero-order valence-corrected chi connectivity index (χ0v) is 13.7. The van der Waals surface area contributed by atoms with Gasteiger partial charge in [0.1, 0.15) is 11.4 Å². The minimum Gasteiger partial charge on any atom is -0.491 e. The minimum absolute atomic E-state index is 0.0740. The van der Waals surface area contributed by atoms with Gasteiger partial charge in [-0.2, -0.15) is 0 Å². The summed E-state index contributed by atoms with van der Waals surface area (Å²) in [7, 11) is 0. The lowest BCUT2D eigenvalue weighted by Gasteiger charge is -2.38. The Morgan fingerprint density at radius 2 is 1.91 bits per heavy atom. The van der Waals surface area contributed by atoms with Crippen molar-refractivity contribution in [3.05, 3.63) is 59.7 Å². The second-order valence-corrected chi connectivity index (χ2v) is 6.11. The number of amides is 1. The van der Waals surface area contributed by atoms with Crippen molar-refractivity contribution in [1.29, 1.82) is 0 Å². The van der Waals surface area contributed by atoms with E-state index in [9.17, 15) is 4.79 Å². The highest BCUT2D eigenvalue weighted by Crippen LogP contribution is 2.32. The summed E-state index contributed by atoms with van der Waals surface area (Å²) in [6, 6.07) is 15.4. The first-order chi connectivity index (χ1) is 11.0. The minimum atomic E-state index is -0.666. The molecule has 0 aliphatic carbocycles. The molecule has 2 N–H and O–H groups in total. The Hall–Kier alpha value is -2.49. The number of rotatable bonds is 4. The van der Waals surface area contributed by atoms with E-state index >= 15 is 0 Å². The van der Waals surface area contributed by atoms with Gasteiger partial charge >= 0.3 is 0 Å². The first kappa shape index (κ1) is 15.4. The van der Waals surface area contributed by atoms with Gasteiger partial charge in [-0.1, -0.05) is 31.2 Å². The Morgan fingerprint density at radius 1 is 1.13 bits per heavy atom. The van der Waals surface area contributed by atoms with Crippen LogP contribution in [0.1, 0.15) is 43.1 Å². The Labute approximate surface area is 136 Å². The van der Waals surface area contributed by atoms with Gasteiger partial charge in [0.25, 0.3) is 5.91 Å². The Bertz CT molecular complexity index is 729. The number of ether oxygens (including phenoxy) is 1. The van der Waals surface area contributed by atoms with Crippen LogP contribution in [-0.2, 0) is 5.66 Å². The lowest BCUT2D eigenvalue weighted by Crippen LogP contribution is -2.52. The van der Waals surface area contributed by atoms with Gasteiger partial charge in [0, 0.05) is 11.3 Å². The molecule has 4 heteroatoms. The zero-order chi connectivity index (χ0) is 16.4. The van der Waals surface area contributed by atoms with Crippen molar-refractivity contribution >= 4 is 11.6 Å². The van der Waals surface area contributed by atoms with Gasteiger partial charge in [-0.15, -0.1) is 0 Å². The third-order valence-electron chi connectivity index (χ3n) is 4.24. The van der Waals surface area contributed by atoms with Gasteiger partial charge < -0.3 is 15.4 Å². The highest BCUT2D eigenvalue weighted by atomic mass is 16.5. The van der Waals surface area contributed by atoms with Gasteiger partial charge in [0.2, 0.25) is 0 Å². The first-order valence-electron chi connectivity index (χ1n) is 7.99. The van der Waals surface area contributed by atoms with Crippen LogP contribution in [0.5, 0.6) is 5.75 Å². The molecule has 0 radical (unpaired) electrons. The van der Waals surface area contributed by atoms with Crippen LogP contribution in [0.3, 0.4) is 0 Å². The molecule has 0 aromatic heterocycles. The fraction of sp³-hybridized carbons (Fsp3) is 0.316. The summed E-state index contributed by atoms with van der Waals surface area (Å²) in [5, 5.41) is 6.48. The lowest BCUT2D eigenvalue weighted by atomic mass is 9.96. The van der Waals surface area contributed by atoms with Crippen LogP contribution in [0.2, 0.25) is 0 Å². The van der Waals surface area contributed by atoms with Crippen LogP contribution >= 0.6 is 0 Å². The number of nitrogens with one attached hydrogen (secondary N) is 2. The van der Waals surface area contributed by atoms with E-state index < -0.39 is 5.66 Å². The van der Waals surface area contributed by atoms with Crippen LogP contribution in [0.4, 0.5) is 5.69 Å². The summed E-state index contributed by atoms with van der Waals surface area (Å²) in [5.41, 5.74) is 1.80. The highest BCUT2D eigenvalue weighted by molar-refractivity contribution is 6.02. The van der Waals surface area contributed by atoms with Gasteiger partial charge in [-0.3, -0.25) is 4.79 Å². The van der Waals surface area contributed by atoms with Crippen LogP contribution in [0.25, 0.3) is 0 Å². The quantitative estimate of drug-likeness (QED) is 0.900. The largest absolute Gasteiger partial charge is 0.491 e. The molecular weight excluding hydrogens is 288 g/mol. The molecule has 0 spiro atoms. The van der Waals surface area contributed by atoms with E-state index in [0.717, 1.165) is 23.4 Å². The highest BCUT2D eigenvalue weighted by Gasteiger charge is 2.34. The molecule has 1 amide bonds. The normalized spacial score (nSPS) is 20.9. The van der Waals surface area contributed by atoms with Crippen LogP contribution in [0.15, 0.2) is 48.5 Å². The number of anilines is 1. The van der Waals surface area contributed by atoms with Crippen LogP contribution < -0.4 is 15.4 Å². The summed E-state index contributed by atoms with van der Waals surface area (Å²) in [6.07, 6.45) is 1.11. The van der Waals surface area contributed by atoms with Crippen molar-refractivity contribution in [2.75, 3.05) is 5.32 Å². The maximum Gasteiger partial charge on any atom is 0.255 e. The summed E-state index contributed by atoms with van der Waals surface area (Å²) < 4.78 is 5.90. The number of carbonyl (C=O) groups is 1. The predicted molar refractivity (Wildman–Crippen MR) is 91.7 cm³/mol. The lowest BCUT2D eigenvalue weighted by molar-refractivity contribution is 0.0906. The molecule has 2 unspecified atom stereocenters. The second kappa shape index (κ2) is 5.95. The summed E-state index contributed by atoms with van der Waals surface area (Å²) in [4.78, 5) is 12.4. The van der Waals surface area contributed by atoms with Gasteiger partial charge in [0.15, 0.2) is 0 Å².